The van der Waals surface area contributed by atoms with E-state index in [1.54, 1.807) is 0 Å². The van der Waals surface area contributed by atoms with Gasteiger partial charge in [-0.15, -0.1) is 0 Å². The van der Waals surface area contributed by atoms with Gasteiger partial charge in [0, 0.05) is 6.07 Å². The molecule has 0 fully saturated rings. The van der Waals surface area contributed by atoms with E-state index in [2.05, 4.69) is 8.37 Å². The van der Waals surface area contributed by atoms with E-state index in [4.69, 9.17) is 13.8 Å². The van der Waals surface area contributed by atoms with Crippen molar-refractivity contribution in [2.24, 2.45) is 0 Å². The van der Waals surface area contributed by atoms with Crippen molar-refractivity contribution in [1.82, 2.24) is 0 Å². The third-order valence-electron chi connectivity index (χ3n) is 2.44. The van der Waals surface area contributed by atoms with Gasteiger partial charge in [-0.3, -0.25) is 29.3 Å². The van der Waals surface area contributed by atoms with Crippen LogP contribution in [-0.2, 0) is 29.2 Å². The van der Waals surface area contributed by atoms with Crippen LogP contribution in [-0.4, -0.2) is 55.1 Å². The lowest BCUT2D eigenvalue weighted by molar-refractivity contribution is -0.394. The molecular weight excluding hydrogens is 408 g/mol. The monoisotopic (exact) mass is 418 g/mol. The van der Waals surface area contributed by atoms with Crippen LogP contribution in [0.4, 0.5) is 11.4 Å². The Bertz CT molecular complexity index is 894. The molecule has 1 rings (SSSR count). The molecule has 1 aromatic rings. The number of hydrogen-bond donors (Lipinski definition) is 2. The zero-order valence-electron chi connectivity index (χ0n) is 12.3. The number of nitrogens with zero attached hydrogens (tertiary/aromatic N) is 2. The number of rotatable bonds is 10. The summed E-state index contributed by atoms with van der Waals surface area (Å²) < 4.78 is 72.2. The Kier molecular flexibility index (Phi) is 6.89. The Morgan fingerprint density at radius 1 is 1.00 bits per heavy atom. The smallest absolute Gasteiger partial charge is 0.397 e. The van der Waals surface area contributed by atoms with Gasteiger partial charge in [-0.1, -0.05) is 0 Å². The van der Waals surface area contributed by atoms with E-state index in [0.29, 0.717) is 6.07 Å². The first-order valence-corrected chi connectivity index (χ1v) is 8.84. The minimum atomic E-state index is -5.10. The van der Waals surface area contributed by atoms with Crippen molar-refractivity contribution in [2.75, 3.05) is 13.2 Å². The Morgan fingerprint density at radius 3 is 2.08 bits per heavy atom. The molecule has 26 heavy (non-hydrogen) atoms. The molecule has 0 saturated carbocycles. The van der Waals surface area contributed by atoms with Crippen molar-refractivity contribution in [2.45, 2.75) is 6.10 Å². The van der Waals surface area contributed by atoms with Gasteiger partial charge >= 0.3 is 26.5 Å². The molecule has 0 aromatic heterocycles. The van der Waals surface area contributed by atoms with Crippen LogP contribution in [0.25, 0.3) is 0 Å². The number of benzene rings is 1. The molecule has 1 unspecified atom stereocenters. The topological polar surface area (TPSA) is 223 Å². The molecule has 0 radical (unpaired) electrons. The summed E-state index contributed by atoms with van der Waals surface area (Å²) in [6.45, 7) is -2.05. The lowest BCUT2D eigenvalue weighted by Gasteiger charge is -2.15. The molecule has 146 valence electrons. The zero-order valence-corrected chi connectivity index (χ0v) is 14.0. The van der Waals surface area contributed by atoms with Crippen LogP contribution in [0.1, 0.15) is 0 Å². The van der Waals surface area contributed by atoms with Crippen molar-refractivity contribution < 1.29 is 48.9 Å². The van der Waals surface area contributed by atoms with Crippen molar-refractivity contribution in [3.8, 4) is 5.75 Å². The number of nitro groups is 2. The normalized spacial score (nSPS) is 13.2. The number of non-ortho nitro benzene ring substituents is 1. The van der Waals surface area contributed by atoms with Crippen LogP contribution in [0.5, 0.6) is 5.75 Å². The molecular formula is C9H10N2O13S2. The molecule has 0 aliphatic heterocycles. The zero-order chi connectivity index (χ0) is 20.1. The van der Waals surface area contributed by atoms with E-state index in [1.165, 1.54) is 0 Å². The van der Waals surface area contributed by atoms with E-state index < -0.39 is 67.1 Å². The van der Waals surface area contributed by atoms with Crippen molar-refractivity contribution in [3.05, 3.63) is 38.4 Å². The highest BCUT2D eigenvalue weighted by Crippen LogP contribution is 2.31. The van der Waals surface area contributed by atoms with Crippen molar-refractivity contribution in [1.29, 1.82) is 0 Å². The minimum Gasteiger partial charge on any atom is -0.484 e. The molecule has 1 aromatic carbocycles. The number of hydrogen-bond acceptors (Lipinski definition) is 11. The predicted molar refractivity (Wildman–Crippen MR) is 79.2 cm³/mol. The van der Waals surface area contributed by atoms with E-state index in [0.717, 1.165) is 12.1 Å². The molecule has 0 aliphatic rings. The molecule has 0 bridgehead atoms. The molecule has 0 saturated heterocycles. The van der Waals surface area contributed by atoms with Gasteiger partial charge in [-0.25, -0.2) is 8.37 Å². The average molecular weight is 418 g/mol. The first-order chi connectivity index (χ1) is 11.8. The summed E-state index contributed by atoms with van der Waals surface area (Å²) in [5, 5.41) is 21.5. The molecule has 0 amide bonds. The SMILES string of the molecule is O=[N+]([O-])c1ccc(OCC(COS(=O)(=O)O)OS(=O)(=O)O)c([N+](=O)[O-])c1. The van der Waals surface area contributed by atoms with Gasteiger partial charge in [0.2, 0.25) is 0 Å². The second-order valence-corrected chi connectivity index (χ2v) is 6.47. The molecule has 1 atom stereocenters. The summed E-state index contributed by atoms with van der Waals surface area (Å²) in [5.74, 6) is -0.545. The summed E-state index contributed by atoms with van der Waals surface area (Å²) >= 11 is 0. The van der Waals surface area contributed by atoms with Crippen LogP contribution < -0.4 is 4.74 Å². The molecule has 15 nitrogen and oxygen atoms in total. The summed E-state index contributed by atoms with van der Waals surface area (Å²) in [4.78, 5) is 19.6. The third kappa shape index (κ3) is 7.63. The Labute approximate surface area is 145 Å². The molecule has 2 N–H and O–H groups in total. The maximum absolute atomic E-state index is 10.9. The summed E-state index contributed by atoms with van der Waals surface area (Å²) in [6.07, 6.45) is -1.85. The summed E-state index contributed by atoms with van der Waals surface area (Å²) in [7, 11) is -10.1. The lowest BCUT2D eigenvalue weighted by atomic mass is 10.2. The average Bonchev–Trinajstić information content (AvgIpc) is 2.47. The predicted octanol–water partition coefficient (Wildman–Crippen LogP) is -0.111. The highest BCUT2D eigenvalue weighted by molar-refractivity contribution is 7.81. The van der Waals surface area contributed by atoms with E-state index in [9.17, 15) is 37.1 Å². The van der Waals surface area contributed by atoms with Crippen molar-refractivity contribution >= 4 is 32.2 Å². The molecule has 0 spiro atoms. The van der Waals surface area contributed by atoms with Crippen LogP contribution in [0.2, 0.25) is 0 Å². The van der Waals surface area contributed by atoms with Gasteiger partial charge in [0.15, 0.2) is 5.75 Å². The van der Waals surface area contributed by atoms with Crippen LogP contribution in [0.3, 0.4) is 0 Å². The fourth-order valence-electron chi connectivity index (χ4n) is 1.50. The molecule has 0 heterocycles. The fourth-order valence-corrected chi connectivity index (χ4v) is 2.28. The third-order valence-corrected chi connectivity index (χ3v) is 3.38. The maximum atomic E-state index is 10.9. The van der Waals surface area contributed by atoms with Gasteiger partial charge in [-0.2, -0.15) is 16.8 Å². The maximum Gasteiger partial charge on any atom is 0.397 e. The first-order valence-electron chi connectivity index (χ1n) is 6.11. The van der Waals surface area contributed by atoms with E-state index in [-0.39, 0.29) is 0 Å². The Hall–Kier alpha value is -2.44. The molecule has 17 heteroatoms. The highest BCUT2D eigenvalue weighted by atomic mass is 32.3. The highest BCUT2D eigenvalue weighted by Gasteiger charge is 2.25. The van der Waals surface area contributed by atoms with Crippen LogP contribution >= 0.6 is 0 Å². The molecule has 0 aliphatic carbocycles. The van der Waals surface area contributed by atoms with Crippen LogP contribution in [0, 0.1) is 20.2 Å². The largest absolute Gasteiger partial charge is 0.484 e. The number of ether oxygens (including phenoxy) is 1. The van der Waals surface area contributed by atoms with Crippen LogP contribution in [0.15, 0.2) is 18.2 Å². The lowest BCUT2D eigenvalue weighted by Crippen LogP contribution is -2.30. The second kappa shape index (κ2) is 8.29. The van der Waals surface area contributed by atoms with Gasteiger partial charge in [-0.05, 0) is 6.07 Å². The Morgan fingerprint density at radius 2 is 1.62 bits per heavy atom. The summed E-state index contributed by atoms with van der Waals surface area (Å²) in [5.41, 5.74) is -1.47. The van der Waals surface area contributed by atoms with Crippen molar-refractivity contribution in [3.63, 3.8) is 0 Å². The standard InChI is InChI=1S/C9H10N2O13S2/c12-10(13)6-1-2-9(8(3-6)11(14)15)22-4-7(24-26(19,20)21)5-23-25(16,17)18/h1-3,7H,4-5H2,(H,16,17,18)(H,19,20,21). The second-order valence-electron chi connectivity index (χ2n) is 4.34. The van der Waals surface area contributed by atoms with E-state index in [1.807, 2.05) is 0 Å². The van der Waals surface area contributed by atoms with Gasteiger partial charge in [0.25, 0.3) is 5.69 Å². The van der Waals surface area contributed by atoms with E-state index >= 15 is 0 Å². The summed E-state index contributed by atoms with van der Waals surface area (Å²) in [6, 6.07) is 2.27. The number of nitro benzene ring substituents is 2. The fraction of sp³-hybridized carbons (Fsp3) is 0.333. The van der Waals surface area contributed by atoms with Gasteiger partial charge < -0.3 is 4.74 Å². The van der Waals surface area contributed by atoms with Gasteiger partial charge in [0.1, 0.15) is 12.7 Å². The Balaban J connectivity index is 2.99. The quantitative estimate of drug-likeness (QED) is 0.288. The minimum absolute atomic E-state index is 0.545. The first kappa shape index (κ1) is 21.6. The van der Waals surface area contributed by atoms with Gasteiger partial charge in [0.05, 0.1) is 22.5 Å².